The number of hydrogen-bond acceptors (Lipinski definition) is 6. The van der Waals surface area contributed by atoms with E-state index in [-0.39, 0.29) is 23.0 Å². The third-order valence-corrected chi connectivity index (χ3v) is 6.52. The third-order valence-electron chi connectivity index (χ3n) is 6.52. The number of halogens is 3. The Morgan fingerprint density at radius 1 is 1.05 bits per heavy atom. The maximum Gasteiger partial charge on any atom is 0.418 e. The number of oxazole rings is 1. The van der Waals surface area contributed by atoms with Crippen molar-refractivity contribution < 1.29 is 22.4 Å². The third kappa shape index (κ3) is 5.29. The molecule has 0 aliphatic carbocycles. The maximum atomic E-state index is 14.2. The fourth-order valence-corrected chi connectivity index (χ4v) is 4.73. The minimum Gasteiger partial charge on any atom is -0.444 e. The Morgan fingerprint density at radius 3 is 2.54 bits per heavy atom. The zero-order valence-corrected chi connectivity index (χ0v) is 21.4. The number of hydrogen-bond donors (Lipinski definition) is 1. The molecular formula is C28H26F3N5O3. The van der Waals surface area contributed by atoms with E-state index < -0.39 is 23.0 Å². The number of nitrogens with zero attached hydrogens (tertiary/aromatic N) is 4. The van der Waals surface area contributed by atoms with E-state index in [0.717, 1.165) is 29.2 Å². The summed E-state index contributed by atoms with van der Waals surface area (Å²) in [6.45, 7) is 4.40. The molecule has 0 saturated carbocycles. The average Bonchev–Trinajstić information content (AvgIpc) is 3.44. The van der Waals surface area contributed by atoms with Crippen molar-refractivity contribution in [2.45, 2.75) is 39.3 Å². The van der Waals surface area contributed by atoms with Gasteiger partial charge in [0, 0.05) is 36.3 Å². The molecule has 1 amide bonds. The summed E-state index contributed by atoms with van der Waals surface area (Å²) in [4.78, 5) is 31.4. The SMILES string of the molecule is CCNc1cc(-c2cc(C)cc(-c3cnco3)c2)nn(-c2cc(N3CCCCC3=O)ccc2C(F)(F)F)c1=O. The molecule has 1 N–H and O–H groups in total. The van der Waals surface area contributed by atoms with E-state index in [4.69, 9.17) is 4.42 Å². The van der Waals surface area contributed by atoms with Crippen molar-refractivity contribution in [3.05, 3.63) is 76.5 Å². The summed E-state index contributed by atoms with van der Waals surface area (Å²) < 4.78 is 48.8. The van der Waals surface area contributed by atoms with E-state index in [0.29, 0.717) is 36.4 Å². The van der Waals surface area contributed by atoms with Gasteiger partial charge in [-0.15, -0.1) is 0 Å². The van der Waals surface area contributed by atoms with Gasteiger partial charge >= 0.3 is 6.18 Å². The fourth-order valence-electron chi connectivity index (χ4n) is 4.73. The van der Waals surface area contributed by atoms with Crippen LogP contribution in [0.25, 0.3) is 28.3 Å². The first-order chi connectivity index (χ1) is 18.7. The highest BCUT2D eigenvalue weighted by Crippen LogP contribution is 2.37. The standard InChI is InChI=1S/C28H26F3N5O3/c1-3-33-23-14-22(18-10-17(2)11-19(12-18)25-15-32-16-39-25)34-36(27(23)38)24-13-20(7-8-21(24)28(29,30)31)35-9-5-4-6-26(35)37/h7-8,10-16,33H,3-6,9H2,1-2H3. The van der Waals surface area contributed by atoms with Gasteiger partial charge in [0.1, 0.15) is 5.69 Å². The van der Waals surface area contributed by atoms with Crippen LogP contribution in [0, 0.1) is 6.92 Å². The molecule has 0 unspecified atom stereocenters. The lowest BCUT2D eigenvalue weighted by Gasteiger charge is -2.28. The van der Waals surface area contributed by atoms with Crippen molar-refractivity contribution >= 4 is 17.3 Å². The van der Waals surface area contributed by atoms with Gasteiger partial charge in [-0.3, -0.25) is 9.59 Å². The topological polar surface area (TPSA) is 93.3 Å². The van der Waals surface area contributed by atoms with Gasteiger partial charge in [-0.05, 0) is 74.7 Å². The van der Waals surface area contributed by atoms with E-state index in [1.54, 1.807) is 19.2 Å². The Balaban J connectivity index is 1.73. The first kappa shape index (κ1) is 26.2. The minimum atomic E-state index is -4.77. The van der Waals surface area contributed by atoms with Gasteiger partial charge < -0.3 is 14.6 Å². The van der Waals surface area contributed by atoms with Gasteiger partial charge in [0.25, 0.3) is 5.56 Å². The number of rotatable bonds is 6. The summed E-state index contributed by atoms with van der Waals surface area (Å²) in [5.74, 6) is 0.340. The van der Waals surface area contributed by atoms with E-state index >= 15 is 0 Å². The van der Waals surface area contributed by atoms with Crippen LogP contribution in [0.1, 0.15) is 37.3 Å². The summed E-state index contributed by atoms with van der Waals surface area (Å²) in [6.07, 6.45) is -0.128. The van der Waals surface area contributed by atoms with Gasteiger partial charge in [0.15, 0.2) is 12.2 Å². The van der Waals surface area contributed by atoms with Gasteiger partial charge in [-0.1, -0.05) is 0 Å². The zero-order valence-electron chi connectivity index (χ0n) is 21.4. The molecule has 202 valence electrons. The molecule has 1 aliphatic heterocycles. The number of aryl methyl sites for hydroxylation is 1. The highest BCUT2D eigenvalue weighted by molar-refractivity contribution is 5.94. The molecule has 8 nitrogen and oxygen atoms in total. The lowest BCUT2D eigenvalue weighted by Crippen LogP contribution is -2.35. The minimum absolute atomic E-state index is 0.0952. The average molecular weight is 538 g/mol. The van der Waals surface area contributed by atoms with Gasteiger partial charge in [0.05, 0.1) is 23.1 Å². The van der Waals surface area contributed by atoms with Gasteiger partial charge in [0.2, 0.25) is 5.91 Å². The van der Waals surface area contributed by atoms with Crippen LogP contribution in [0.15, 0.2) is 64.3 Å². The molecule has 5 rings (SSSR count). The smallest absolute Gasteiger partial charge is 0.418 e. The molecular weight excluding hydrogens is 511 g/mol. The molecule has 3 heterocycles. The van der Waals surface area contributed by atoms with E-state index in [9.17, 15) is 22.8 Å². The van der Waals surface area contributed by atoms with E-state index in [1.165, 1.54) is 29.5 Å². The van der Waals surface area contributed by atoms with Crippen LogP contribution in [0.3, 0.4) is 0 Å². The molecule has 0 spiro atoms. The first-order valence-corrected chi connectivity index (χ1v) is 12.6. The molecule has 4 aromatic rings. The van der Waals surface area contributed by atoms with Crippen LogP contribution < -0.4 is 15.8 Å². The molecule has 2 aromatic heterocycles. The molecule has 11 heteroatoms. The predicted octanol–water partition coefficient (Wildman–Crippen LogP) is 5.83. The van der Waals surface area contributed by atoms with Crippen LogP contribution in [-0.2, 0) is 11.0 Å². The van der Waals surface area contributed by atoms with Crippen molar-refractivity contribution in [2.75, 3.05) is 23.3 Å². The van der Waals surface area contributed by atoms with Gasteiger partial charge in [-0.25, -0.2) is 4.98 Å². The first-order valence-electron chi connectivity index (χ1n) is 12.6. The number of amides is 1. The van der Waals surface area contributed by atoms with Crippen LogP contribution in [0.2, 0.25) is 0 Å². The molecule has 0 atom stereocenters. The van der Waals surface area contributed by atoms with Crippen molar-refractivity contribution in [1.29, 1.82) is 0 Å². The Morgan fingerprint density at radius 2 is 1.85 bits per heavy atom. The monoisotopic (exact) mass is 537 g/mol. The molecule has 1 aliphatic rings. The number of carbonyl (C=O) groups excluding carboxylic acids is 1. The lowest BCUT2D eigenvalue weighted by atomic mass is 10.0. The molecule has 39 heavy (non-hydrogen) atoms. The molecule has 1 fully saturated rings. The maximum absolute atomic E-state index is 14.2. The predicted molar refractivity (Wildman–Crippen MR) is 141 cm³/mol. The van der Waals surface area contributed by atoms with E-state index in [1.807, 2.05) is 19.1 Å². The van der Waals surface area contributed by atoms with Crippen LogP contribution >= 0.6 is 0 Å². The van der Waals surface area contributed by atoms with E-state index in [2.05, 4.69) is 15.4 Å². The Kier molecular flexibility index (Phi) is 6.98. The highest BCUT2D eigenvalue weighted by Gasteiger charge is 2.36. The largest absolute Gasteiger partial charge is 0.444 e. The van der Waals surface area contributed by atoms with Crippen molar-refractivity contribution in [3.63, 3.8) is 0 Å². The van der Waals surface area contributed by atoms with Crippen LogP contribution in [0.5, 0.6) is 0 Å². The highest BCUT2D eigenvalue weighted by atomic mass is 19.4. The number of carbonyl (C=O) groups is 1. The van der Waals surface area contributed by atoms with Crippen molar-refractivity contribution in [2.24, 2.45) is 0 Å². The number of nitrogens with one attached hydrogen (secondary N) is 1. The number of aromatic nitrogens is 3. The second-order valence-corrected chi connectivity index (χ2v) is 9.35. The second-order valence-electron chi connectivity index (χ2n) is 9.35. The van der Waals surface area contributed by atoms with Crippen LogP contribution in [-0.4, -0.2) is 33.8 Å². The summed E-state index contributed by atoms with van der Waals surface area (Å²) in [5.41, 5.74) is 0.569. The summed E-state index contributed by atoms with van der Waals surface area (Å²) >= 11 is 0. The quantitative estimate of drug-likeness (QED) is 0.333. The molecule has 1 saturated heterocycles. The Bertz CT molecular complexity index is 1580. The van der Waals surface area contributed by atoms with Gasteiger partial charge in [-0.2, -0.15) is 23.0 Å². The van der Waals surface area contributed by atoms with Crippen LogP contribution in [0.4, 0.5) is 24.5 Å². The zero-order chi connectivity index (χ0) is 27.7. The number of alkyl halides is 3. The summed E-state index contributed by atoms with van der Waals surface area (Å²) in [7, 11) is 0. The van der Waals surface area contributed by atoms with Crippen molar-refractivity contribution in [1.82, 2.24) is 14.8 Å². The summed E-state index contributed by atoms with van der Waals surface area (Å²) in [6, 6.07) is 10.4. The normalized spacial score (nSPS) is 14.1. The Hall–Kier alpha value is -4.41. The molecule has 2 aromatic carbocycles. The Labute approximate surface area is 222 Å². The summed E-state index contributed by atoms with van der Waals surface area (Å²) in [5, 5.41) is 7.36. The van der Waals surface area contributed by atoms with Crippen molar-refractivity contribution in [3.8, 4) is 28.3 Å². The molecule has 0 bridgehead atoms. The number of piperidine rings is 1. The second kappa shape index (κ2) is 10.4. The molecule has 0 radical (unpaired) electrons. The number of benzene rings is 2. The lowest BCUT2D eigenvalue weighted by molar-refractivity contribution is -0.137. The fraction of sp³-hybridized carbons (Fsp3) is 0.286. The number of anilines is 2.